The Kier molecular flexibility index (Phi) is 6.20. The standard InChI is InChI=1S/C23H24N6O2S/c24-18-4-7-22(25-15-18)32-20-5-6-21-26-27-23(29(21)16-20)17-2-1-3-19(14-17)31-13-10-28-8-11-30-12-9-28/h1-7,14-16H,8-13,24H2. The lowest BCUT2D eigenvalue weighted by Crippen LogP contribution is -2.38. The van der Waals surface area contributed by atoms with Crippen LogP contribution in [0.1, 0.15) is 0 Å². The Hall–Kier alpha value is -3.14. The zero-order valence-corrected chi connectivity index (χ0v) is 18.4. The minimum absolute atomic E-state index is 0.638. The van der Waals surface area contributed by atoms with Crippen molar-refractivity contribution in [2.75, 3.05) is 45.2 Å². The number of benzene rings is 1. The molecule has 0 aliphatic carbocycles. The second-order valence-electron chi connectivity index (χ2n) is 7.48. The van der Waals surface area contributed by atoms with Crippen LogP contribution >= 0.6 is 11.8 Å². The lowest BCUT2D eigenvalue weighted by molar-refractivity contribution is 0.0322. The SMILES string of the molecule is Nc1ccc(Sc2ccc3nnc(-c4cccc(OCCN5CCOCC5)c4)n3c2)nc1. The first-order valence-electron chi connectivity index (χ1n) is 10.5. The fraction of sp³-hybridized carbons (Fsp3) is 0.261. The summed E-state index contributed by atoms with van der Waals surface area (Å²) in [5.74, 6) is 1.59. The largest absolute Gasteiger partial charge is 0.492 e. The summed E-state index contributed by atoms with van der Waals surface area (Å²) in [4.78, 5) is 7.76. The van der Waals surface area contributed by atoms with Gasteiger partial charge in [-0.15, -0.1) is 10.2 Å². The Morgan fingerprint density at radius 2 is 1.97 bits per heavy atom. The van der Waals surface area contributed by atoms with Gasteiger partial charge in [0.2, 0.25) is 0 Å². The Labute approximate surface area is 190 Å². The van der Waals surface area contributed by atoms with E-state index in [2.05, 4.69) is 20.1 Å². The second kappa shape index (κ2) is 9.56. The summed E-state index contributed by atoms with van der Waals surface area (Å²) in [6, 6.07) is 15.7. The number of ether oxygens (including phenoxy) is 2. The van der Waals surface area contributed by atoms with E-state index in [1.54, 1.807) is 18.0 Å². The van der Waals surface area contributed by atoms with Crippen molar-refractivity contribution in [3.8, 4) is 17.1 Å². The third kappa shape index (κ3) is 4.85. The summed E-state index contributed by atoms with van der Waals surface area (Å²) >= 11 is 1.56. The lowest BCUT2D eigenvalue weighted by Gasteiger charge is -2.26. The van der Waals surface area contributed by atoms with Crippen LogP contribution in [-0.2, 0) is 4.74 Å². The Morgan fingerprint density at radius 3 is 2.81 bits per heavy atom. The number of nitrogens with two attached hydrogens (primary N) is 1. The maximum Gasteiger partial charge on any atom is 0.168 e. The summed E-state index contributed by atoms with van der Waals surface area (Å²) in [5, 5.41) is 9.61. The number of rotatable bonds is 7. The van der Waals surface area contributed by atoms with Crippen LogP contribution in [0, 0.1) is 0 Å². The molecule has 0 radical (unpaired) electrons. The zero-order chi connectivity index (χ0) is 21.8. The molecule has 164 valence electrons. The molecule has 0 bridgehead atoms. The van der Waals surface area contributed by atoms with Crippen molar-refractivity contribution >= 4 is 23.1 Å². The molecule has 0 amide bonds. The number of fused-ring (bicyclic) bond motifs is 1. The number of aromatic nitrogens is 4. The van der Waals surface area contributed by atoms with Gasteiger partial charge in [-0.2, -0.15) is 0 Å². The van der Waals surface area contributed by atoms with Crippen LogP contribution in [-0.4, -0.2) is 63.9 Å². The van der Waals surface area contributed by atoms with E-state index in [1.807, 2.05) is 59.1 Å². The van der Waals surface area contributed by atoms with Gasteiger partial charge in [-0.1, -0.05) is 23.9 Å². The molecule has 0 saturated carbocycles. The highest BCUT2D eigenvalue weighted by atomic mass is 32.2. The third-order valence-corrected chi connectivity index (χ3v) is 6.16. The summed E-state index contributed by atoms with van der Waals surface area (Å²) < 4.78 is 13.4. The van der Waals surface area contributed by atoms with Gasteiger partial charge in [0, 0.05) is 36.3 Å². The van der Waals surface area contributed by atoms with E-state index in [1.165, 1.54) is 0 Å². The molecule has 8 nitrogen and oxygen atoms in total. The van der Waals surface area contributed by atoms with Crippen molar-refractivity contribution in [1.82, 2.24) is 24.5 Å². The van der Waals surface area contributed by atoms with Crippen molar-refractivity contribution in [3.63, 3.8) is 0 Å². The minimum Gasteiger partial charge on any atom is -0.492 e. The van der Waals surface area contributed by atoms with Crippen molar-refractivity contribution in [3.05, 3.63) is 60.9 Å². The number of pyridine rings is 2. The molecule has 0 atom stereocenters. The third-order valence-electron chi connectivity index (χ3n) is 5.23. The lowest BCUT2D eigenvalue weighted by atomic mass is 10.2. The van der Waals surface area contributed by atoms with Crippen LogP contribution in [0.5, 0.6) is 5.75 Å². The predicted molar refractivity (Wildman–Crippen MR) is 124 cm³/mol. The minimum atomic E-state index is 0.638. The first-order valence-corrected chi connectivity index (χ1v) is 11.3. The molecule has 1 fully saturated rings. The molecule has 9 heteroatoms. The molecule has 1 saturated heterocycles. The van der Waals surface area contributed by atoms with E-state index in [-0.39, 0.29) is 0 Å². The molecule has 2 N–H and O–H groups in total. The number of hydrogen-bond donors (Lipinski definition) is 1. The van der Waals surface area contributed by atoms with Crippen LogP contribution < -0.4 is 10.5 Å². The average molecular weight is 449 g/mol. The molecular weight excluding hydrogens is 424 g/mol. The fourth-order valence-electron chi connectivity index (χ4n) is 3.54. The Morgan fingerprint density at radius 1 is 1.06 bits per heavy atom. The highest BCUT2D eigenvalue weighted by molar-refractivity contribution is 7.99. The first kappa shape index (κ1) is 20.7. The van der Waals surface area contributed by atoms with Gasteiger partial charge in [0.15, 0.2) is 11.5 Å². The Bertz CT molecular complexity index is 1190. The maximum absolute atomic E-state index is 6.01. The second-order valence-corrected chi connectivity index (χ2v) is 8.57. The van der Waals surface area contributed by atoms with E-state index >= 15 is 0 Å². The average Bonchev–Trinajstić information content (AvgIpc) is 3.25. The van der Waals surface area contributed by atoms with Crippen LogP contribution in [0.25, 0.3) is 17.0 Å². The molecule has 1 aliphatic heterocycles. The zero-order valence-electron chi connectivity index (χ0n) is 17.6. The molecule has 32 heavy (non-hydrogen) atoms. The Balaban J connectivity index is 1.32. The van der Waals surface area contributed by atoms with Crippen molar-refractivity contribution in [1.29, 1.82) is 0 Å². The molecule has 4 aromatic rings. The van der Waals surface area contributed by atoms with Gasteiger partial charge in [0.25, 0.3) is 0 Å². The van der Waals surface area contributed by atoms with Crippen LogP contribution in [0.4, 0.5) is 5.69 Å². The predicted octanol–water partition coefficient (Wildman–Crippen LogP) is 3.24. The van der Waals surface area contributed by atoms with Crippen LogP contribution in [0.3, 0.4) is 0 Å². The van der Waals surface area contributed by atoms with Crippen molar-refractivity contribution in [2.45, 2.75) is 9.92 Å². The van der Waals surface area contributed by atoms with Gasteiger partial charge < -0.3 is 15.2 Å². The maximum atomic E-state index is 6.01. The number of morpholine rings is 1. The van der Waals surface area contributed by atoms with E-state index in [0.717, 1.165) is 65.6 Å². The van der Waals surface area contributed by atoms with Crippen LogP contribution in [0.2, 0.25) is 0 Å². The van der Waals surface area contributed by atoms with E-state index in [9.17, 15) is 0 Å². The topological polar surface area (TPSA) is 90.8 Å². The van der Waals surface area contributed by atoms with E-state index < -0.39 is 0 Å². The van der Waals surface area contributed by atoms with E-state index in [0.29, 0.717) is 12.3 Å². The highest BCUT2D eigenvalue weighted by Crippen LogP contribution is 2.29. The number of anilines is 1. The molecular formula is C23H24N6O2S. The first-order chi connectivity index (χ1) is 15.7. The number of hydrogen-bond acceptors (Lipinski definition) is 8. The summed E-state index contributed by atoms with van der Waals surface area (Å²) in [6.07, 6.45) is 3.69. The summed E-state index contributed by atoms with van der Waals surface area (Å²) in [7, 11) is 0. The molecule has 0 spiro atoms. The number of nitrogens with zero attached hydrogens (tertiary/aromatic N) is 5. The smallest absolute Gasteiger partial charge is 0.168 e. The van der Waals surface area contributed by atoms with Crippen molar-refractivity contribution in [2.24, 2.45) is 0 Å². The summed E-state index contributed by atoms with van der Waals surface area (Å²) in [5.41, 5.74) is 8.12. The van der Waals surface area contributed by atoms with Gasteiger partial charge in [0.05, 0.1) is 25.1 Å². The molecule has 1 aromatic carbocycles. The van der Waals surface area contributed by atoms with Gasteiger partial charge >= 0.3 is 0 Å². The molecule has 3 aromatic heterocycles. The quantitative estimate of drug-likeness (QED) is 0.461. The monoisotopic (exact) mass is 448 g/mol. The molecule has 0 unspecified atom stereocenters. The molecule has 1 aliphatic rings. The van der Waals surface area contributed by atoms with Gasteiger partial charge in [-0.25, -0.2) is 4.98 Å². The molecule has 5 rings (SSSR count). The van der Waals surface area contributed by atoms with Gasteiger partial charge in [0.1, 0.15) is 17.4 Å². The number of nitrogen functional groups attached to an aromatic ring is 1. The fourth-order valence-corrected chi connectivity index (χ4v) is 4.32. The van der Waals surface area contributed by atoms with Gasteiger partial charge in [-0.05, 0) is 36.4 Å². The normalized spacial score (nSPS) is 14.6. The highest BCUT2D eigenvalue weighted by Gasteiger charge is 2.12. The van der Waals surface area contributed by atoms with Gasteiger partial charge in [-0.3, -0.25) is 9.30 Å². The molecule has 4 heterocycles. The van der Waals surface area contributed by atoms with E-state index in [4.69, 9.17) is 15.2 Å². The van der Waals surface area contributed by atoms with Crippen molar-refractivity contribution < 1.29 is 9.47 Å². The van der Waals surface area contributed by atoms with Crippen LogP contribution in [0.15, 0.2) is 70.8 Å². The summed E-state index contributed by atoms with van der Waals surface area (Å²) in [6.45, 7) is 5.04.